The third-order valence-electron chi connectivity index (χ3n) is 4.68. The number of methoxy groups -OCH3 is 1. The van der Waals surface area contributed by atoms with Crippen LogP contribution in [0.25, 0.3) is 0 Å². The van der Waals surface area contributed by atoms with Gasteiger partial charge in [0.05, 0.1) is 13.0 Å². The molecule has 141 valence electrons. The van der Waals surface area contributed by atoms with Gasteiger partial charge in [0.1, 0.15) is 6.04 Å². The van der Waals surface area contributed by atoms with Crippen LogP contribution in [0, 0.1) is 6.07 Å². The summed E-state index contributed by atoms with van der Waals surface area (Å²) < 4.78 is 5.02. The van der Waals surface area contributed by atoms with Crippen molar-refractivity contribution in [1.29, 1.82) is 0 Å². The molecule has 1 atom stereocenters. The number of hydrogen-bond acceptors (Lipinski definition) is 3. The highest BCUT2D eigenvalue weighted by Gasteiger charge is 2.35. The largest absolute Gasteiger partial charge is 0.384 e. The normalized spacial score (nSPS) is 15.9. The fourth-order valence-electron chi connectivity index (χ4n) is 3.27. The summed E-state index contributed by atoms with van der Waals surface area (Å²) in [6.45, 7) is 1.22. The Morgan fingerprint density at radius 3 is 2.81 bits per heavy atom. The van der Waals surface area contributed by atoms with E-state index in [0.29, 0.717) is 31.1 Å². The van der Waals surface area contributed by atoms with E-state index >= 15 is 0 Å². The van der Waals surface area contributed by atoms with Crippen molar-refractivity contribution in [3.63, 3.8) is 0 Å². The number of hydrogen-bond donors (Lipinski definition) is 1. The maximum Gasteiger partial charge on any atom is 0.247 e. The predicted molar refractivity (Wildman–Crippen MR) is 103 cm³/mol. The van der Waals surface area contributed by atoms with Gasteiger partial charge in [-0.2, -0.15) is 0 Å². The molecule has 0 fully saturated rings. The lowest BCUT2D eigenvalue weighted by atomic mass is 9.91. The number of nitrogens with zero attached hydrogens (tertiary/aromatic N) is 1. The second kappa shape index (κ2) is 9.02. The second-order valence-corrected chi connectivity index (χ2v) is 6.89. The Balaban J connectivity index is 1.79. The smallest absolute Gasteiger partial charge is 0.247 e. The van der Waals surface area contributed by atoms with Crippen molar-refractivity contribution >= 4 is 23.4 Å². The molecule has 0 saturated carbocycles. The van der Waals surface area contributed by atoms with E-state index in [9.17, 15) is 9.59 Å². The van der Waals surface area contributed by atoms with Crippen molar-refractivity contribution in [2.45, 2.75) is 25.4 Å². The van der Waals surface area contributed by atoms with E-state index in [1.165, 1.54) is 0 Å². The van der Waals surface area contributed by atoms with Gasteiger partial charge >= 0.3 is 0 Å². The van der Waals surface area contributed by atoms with Crippen LogP contribution in [0.1, 0.15) is 29.2 Å². The molecular weight excluding hydrogens is 364 g/mol. The summed E-state index contributed by atoms with van der Waals surface area (Å²) in [6, 6.07) is 15.3. The SMILES string of the molecule is COCCC(=O)N1CCc2c[c]ccc2C1C(=O)NCc1ccc(Cl)cc1. The third kappa shape index (κ3) is 4.67. The molecule has 1 aliphatic rings. The highest BCUT2D eigenvalue weighted by Crippen LogP contribution is 2.30. The van der Waals surface area contributed by atoms with Crippen LogP contribution in [-0.4, -0.2) is 37.0 Å². The predicted octanol–water partition coefficient (Wildman–Crippen LogP) is 2.92. The fourth-order valence-corrected chi connectivity index (χ4v) is 3.40. The highest BCUT2D eigenvalue weighted by molar-refractivity contribution is 6.30. The average Bonchev–Trinajstić information content (AvgIpc) is 2.70. The van der Waals surface area contributed by atoms with Crippen LogP contribution in [0.15, 0.2) is 42.5 Å². The van der Waals surface area contributed by atoms with Gasteiger partial charge in [-0.05, 0) is 41.3 Å². The van der Waals surface area contributed by atoms with Gasteiger partial charge in [-0.15, -0.1) is 0 Å². The number of nitrogens with one attached hydrogen (secondary N) is 1. The van der Waals surface area contributed by atoms with Crippen LogP contribution in [-0.2, 0) is 27.3 Å². The summed E-state index contributed by atoms with van der Waals surface area (Å²) in [5, 5.41) is 3.60. The highest BCUT2D eigenvalue weighted by atomic mass is 35.5. The summed E-state index contributed by atoms with van der Waals surface area (Å²) in [5.74, 6) is -0.273. The van der Waals surface area contributed by atoms with Gasteiger partial charge in [0.25, 0.3) is 0 Å². The number of amides is 2. The first-order valence-corrected chi connectivity index (χ1v) is 9.27. The van der Waals surface area contributed by atoms with Gasteiger partial charge in [0.15, 0.2) is 0 Å². The van der Waals surface area contributed by atoms with Crippen molar-refractivity contribution in [3.8, 4) is 0 Å². The number of halogens is 1. The molecule has 0 spiro atoms. The zero-order chi connectivity index (χ0) is 19.2. The molecule has 1 radical (unpaired) electrons. The molecule has 0 saturated heterocycles. The molecular formula is C21H22ClN2O3. The fraction of sp³-hybridized carbons (Fsp3) is 0.333. The van der Waals surface area contributed by atoms with Crippen LogP contribution in [0.5, 0.6) is 0 Å². The number of carbonyl (C=O) groups is 2. The van der Waals surface area contributed by atoms with E-state index < -0.39 is 6.04 Å². The minimum atomic E-state index is -0.639. The Kier molecular flexibility index (Phi) is 6.48. The minimum Gasteiger partial charge on any atom is -0.384 e. The first kappa shape index (κ1) is 19.4. The monoisotopic (exact) mass is 385 g/mol. The molecule has 1 N–H and O–H groups in total. The van der Waals surface area contributed by atoms with Crippen LogP contribution in [0.4, 0.5) is 0 Å². The van der Waals surface area contributed by atoms with E-state index in [-0.39, 0.29) is 18.2 Å². The summed E-state index contributed by atoms with van der Waals surface area (Å²) in [7, 11) is 1.56. The summed E-state index contributed by atoms with van der Waals surface area (Å²) >= 11 is 5.90. The molecule has 0 aliphatic carbocycles. The van der Waals surface area contributed by atoms with Crippen LogP contribution < -0.4 is 5.32 Å². The maximum atomic E-state index is 13.0. The van der Waals surface area contributed by atoms with E-state index in [2.05, 4.69) is 11.4 Å². The Hall–Kier alpha value is -2.37. The molecule has 6 heteroatoms. The molecule has 0 aromatic heterocycles. The quantitative estimate of drug-likeness (QED) is 0.831. The Morgan fingerprint density at radius 2 is 2.07 bits per heavy atom. The molecule has 0 bridgehead atoms. The molecule has 2 aromatic carbocycles. The van der Waals surface area contributed by atoms with Gasteiger partial charge in [0.2, 0.25) is 11.8 Å². The Labute approximate surface area is 164 Å². The molecule has 3 rings (SSSR count). The first-order valence-electron chi connectivity index (χ1n) is 8.89. The van der Waals surface area contributed by atoms with Crippen molar-refractivity contribution in [2.75, 3.05) is 20.3 Å². The van der Waals surface area contributed by atoms with Gasteiger partial charge in [-0.1, -0.05) is 41.9 Å². The standard InChI is InChI=1S/C21H22ClN2O3/c1-27-13-11-19(25)24-12-10-16-4-2-3-5-18(16)20(24)21(26)23-14-15-6-8-17(22)9-7-15/h3-9,20H,10-14H2,1H3,(H,23,26). The number of ether oxygens (including phenoxy) is 1. The molecule has 5 nitrogen and oxygen atoms in total. The van der Waals surface area contributed by atoms with Gasteiger partial charge in [-0.3, -0.25) is 9.59 Å². The molecule has 1 aliphatic heterocycles. The topological polar surface area (TPSA) is 58.6 Å². The summed E-state index contributed by atoms with van der Waals surface area (Å²) in [5.41, 5.74) is 2.86. The van der Waals surface area contributed by atoms with Gasteiger partial charge in [-0.25, -0.2) is 0 Å². The lowest BCUT2D eigenvalue weighted by Crippen LogP contribution is -2.47. The molecule has 1 heterocycles. The molecule has 1 unspecified atom stereocenters. The number of fused-ring (bicyclic) bond motifs is 1. The second-order valence-electron chi connectivity index (χ2n) is 6.45. The molecule has 2 amide bonds. The van der Waals surface area contributed by atoms with E-state index in [0.717, 1.165) is 16.7 Å². The number of benzene rings is 2. The Bertz CT molecular complexity index is 807. The van der Waals surface area contributed by atoms with Crippen molar-refractivity contribution in [3.05, 3.63) is 70.2 Å². The number of rotatable bonds is 6. The molecule has 27 heavy (non-hydrogen) atoms. The third-order valence-corrected chi connectivity index (χ3v) is 4.94. The summed E-state index contributed by atoms with van der Waals surface area (Å²) in [4.78, 5) is 27.3. The van der Waals surface area contributed by atoms with Crippen molar-refractivity contribution < 1.29 is 14.3 Å². The van der Waals surface area contributed by atoms with Crippen LogP contribution in [0.2, 0.25) is 5.02 Å². The first-order chi connectivity index (χ1) is 13.1. The molecule has 2 aromatic rings. The van der Waals surface area contributed by atoms with Crippen molar-refractivity contribution in [1.82, 2.24) is 10.2 Å². The van der Waals surface area contributed by atoms with Gasteiger partial charge in [0, 0.05) is 25.2 Å². The van der Waals surface area contributed by atoms with Crippen molar-refractivity contribution in [2.24, 2.45) is 0 Å². The van der Waals surface area contributed by atoms with Crippen LogP contribution >= 0.6 is 11.6 Å². The zero-order valence-corrected chi connectivity index (χ0v) is 16.0. The lowest BCUT2D eigenvalue weighted by molar-refractivity contribution is -0.142. The van der Waals surface area contributed by atoms with Gasteiger partial charge < -0.3 is 15.0 Å². The zero-order valence-electron chi connectivity index (χ0n) is 15.2. The minimum absolute atomic E-state index is 0.0815. The summed E-state index contributed by atoms with van der Waals surface area (Å²) in [6.07, 6.45) is 0.970. The van der Waals surface area contributed by atoms with E-state index in [1.54, 1.807) is 30.2 Å². The number of carbonyl (C=O) groups excluding carboxylic acids is 2. The van der Waals surface area contributed by atoms with Crippen LogP contribution in [0.3, 0.4) is 0 Å². The maximum absolute atomic E-state index is 13.0. The van der Waals surface area contributed by atoms with E-state index in [1.807, 2.05) is 24.3 Å². The average molecular weight is 386 g/mol. The lowest BCUT2D eigenvalue weighted by Gasteiger charge is -2.36. The van der Waals surface area contributed by atoms with E-state index in [4.69, 9.17) is 16.3 Å². The Morgan fingerprint density at radius 1 is 1.30 bits per heavy atom.